The Labute approximate surface area is 172 Å². The summed E-state index contributed by atoms with van der Waals surface area (Å²) in [6, 6.07) is 16.9. The molecule has 6 nitrogen and oxygen atoms in total. The molecule has 0 saturated carbocycles. The van der Waals surface area contributed by atoms with Crippen LogP contribution in [0.1, 0.15) is 26.6 Å². The minimum Gasteiger partial charge on any atom is -0.351 e. The first-order chi connectivity index (χ1) is 14.1. The molecule has 0 aliphatic carbocycles. The number of carbonyl (C=O) groups is 2. The summed E-state index contributed by atoms with van der Waals surface area (Å²) in [5, 5.41) is 7.81. The van der Waals surface area contributed by atoms with Crippen LogP contribution in [0, 0.1) is 6.92 Å². The summed E-state index contributed by atoms with van der Waals surface area (Å²) >= 11 is 1.62. The van der Waals surface area contributed by atoms with E-state index in [-0.39, 0.29) is 11.8 Å². The minimum absolute atomic E-state index is 0.0310. The largest absolute Gasteiger partial charge is 0.351 e. The lowest BCUT2D eigenvalue weighted by molar-refractivity contribution is -0.120. The molecule has 0 fully saturated rings. The highest BCUT2D eigenvalue weighted by Gasteiger charge is 2.16. The Hall–Kier alpha value is -3.45. The van der Waals surface area contributed by atoms with Crippen molar-refractivity contribution < 1.29 is 9.59 Å². The quantitative estimate of drug-likeness (QED) is 0.513. The molecule has 2 N–H and O–H groups in total. The lowest BCUT2D eigenvalue weighted by atomic mass is 10.1. The standard InChI is InChI=1S/C22H20N4O2S/c1-15-21(26-11-3-2-6-19(26)24-15)22(28)25-17-9-7-16(8-10-17)13-20(27)23-14-18-5-4-12-29-18/h2-12H,13-14H2,1H3,(H,23,27)(H,25,28). The van der Waals surface area contributed by atoms with E-state index in [0.29, 0.717) is 30.0 Å². The summed E-state index contributed by atoms with van der Waals surface area (Å²) in [6.07, 6.45) is 2.12. The van der Waals surface area contributed by atoms with Gasteiger partial charge in [-0.2, -0.15) is 0 Å². The Bertz CT molecular complexity index is 1150. The smallest absolute Gasteiger partial charge is 0.274 e. The van der Waals surface area contributed by atoms with E-state index in [1.165, 1.54) is 0 Å². The molecule has 0 atom stereocenters. The van der Waals surface area contributed by atoms with Crippen molar-refractivity contribution >= 4 is 34.5 Å². The van der Waals surface area contributed by atoms with E-state index in [4.69, 9.17) is 0 Å². The molecule has 4 rings (SSSR count). The number of anilines is 1. The lowest BCUT2D eigenvalue weighted by Gasteiger charge is -2.08. The van der Waals surface area contributed by atoms with Gasteiger partial charge in [0.15, 0.2) is 0 Å². The average Bonchev–Trinajstić information content (AvgIpc) is 3.34. The molecule has 0 spiro atoms. The third-order valence-corrected chi connectivity index (χ3v) is 5.41. The first-order valence-electron chi connectivity index (χ1n) is 9.23. The van der Waals surface area contributed by atoms with E-state index in [1.54, 1.807) is 27.9 Å². The van der Waals surface area contributed by atoms with Gasteiger partial charge >= 0.3 is 0 Å². The average molecular weight is 404 g/mol. The van der Waals surface area contributed by atoms with Gasteiger partial charge in [-0.3, -0.25) is 14.0 Å². The number of thiophene rings is 1. The van der Waals surface area contributed by atoms with Crippen LogP contribution in [0.5, 0.6) is 0 Å². The third kappa shape index (κ3) is 4.35. The Kier molecular flexibility index (Phi) is 5.39. The van der Waals surface area contributed by atoms with Crippen molar-refractivity contribution in [2.75, 3.05) is 5.32 Å². The summed E-state index contributed by atoms with van der Waals surface area (Å²) in [5.41, 5.74) is 3.48. The van der Waals surface area contributed by atoms with Gasteiger partial charge in [-0.25, -0.2) is 4.98 Å². The van der Waals surface area contributed by atoms with E-state index in [9.17, 15) is 9.59 Å². The van der Waals surface area contributed by atoms with E-state index in [0.717, 1.165) is 16.1 Å². The van der Waals surface area contributed by atoms with E-state index < -0.39 is 0 Å². The van der Waals surface area contributed by atoms with Gasteiger partial charge in [-0.15, -0.1) is 11.3 Å². The predicted octanol–water partition coefficient (Wildman–Crippen LogP) is 3.82. The number of imidazole rings is 1. The molecule has 1 aromatic carbocycles. The van der Waals surface area contributed by atoms with E-state index >= 15 is 0 Å². The van der Waals surface area contributed by atoms with Gasteiger partial charge in [0.2, 0.25) is 5.91 Å². The first kappa shape index (κ1) is 18.9. The number of amides is 2. The third-order valence-electron chi connectivity index (χ3n) is 4.54. The van der Waals surface area contributed by atoms with Crippen LogP contribution < -0.4 is 10.6 Å². The van der Waals surface area contributed by atoms with Gasteiger partial charge in [-0.1, -0.05) is 24.3 Å². The number of rotatable bonds is 6. The highest BCUT2D eigenvalue weighted by molar-refractivity contribution is 7.09. The summed E-state index contributed by atoms with van der Waals surface area (Å²) in [4.78, 5) is 30.4. The van der Waals surface area contributed by atoms with Crippen LogP contribution in [0.15, 0.2) is 66.2 Å². The number of pyridine rings is 1. The molecular formula is C22H20N4O2S. The van der Waals surface area contributed by atoms with E-state index in [1.807, 2.05) is 61.0 Å². The molecular weight excluding hydrogens is 384 g/mol. The lowest BCUT2D eigenvalue weighted by Crippen LogP contribution is -2.24. The predicted molar refractivity (Wildman–Crippen MR) is 114 cm³/mol. The number of nitrogens with zero attached hydrogens (tertiary/aromatic N) is 2. The number of aryl methyl sites for hydroxylation is 1. The van der Waals surface area contributed by atoms with Crippen molar-refractivity contribution in [3.63, 3.8) is 0 Å². The molecule has 0 unspecified atom stereocenters. The van der Waals surface area contributed by atoms with Crippen LogP contribution in [-0.2, 0) is 17.8 Å². The molecule has 0 bridgehead atoms. The fraction of sp³-hybridized carbons (Fsp3) is 0.136. The topological polar surface area (TPSA) is 75.5 Å². The SMILES string of the molecule is Cc1nc2ccccn2c1C(=O)Nc1ccc(CC(=O)NCc2cccs2)cc1. The van der Waals surface area contributed by atoms with Crippen LogP contribution in [0.2, 0.25) is 0 Å². The summed E-state index contributed by atoms with van der Waals surface area (Å²) in [7, 11) is 0. The molecule has 0 saturated heterocycles. The molecule has 3 heterocycles. The van der Waals surface area contributed by atoms with E-state index in [2.05, 4.69) is 15.6 Å². The zero-order chi connectivity index (χ0) is 20.2. The maximum Gasteiger partial charge on any atom is 0.274 e. The zero-order valence-corrected chi connectivity index (χ0v) is 16.7. The molecule has 2 amide bonds. The van der Waals surface area contributed by atoms with Gasteiger partial charge in [0.25, 0.3) is 5.91 Å². The van der Waals surface area contributed by atoms with Crippen molar-refractivity contribution in [3.8, 4) is 0 Å². The van der Waals surface area contributed by atoms with Crippen molar-refractivity contribution in [1.82, 2.24) is 14.7 Å². The highest BCUT2D eigenvalue weighted by Crippen LogP contribution is 2.16. The van der Waals surface area contributed by atoms with Crippen molar-refractivity contribution in [2.45, 2.75) is 19.9 Å². The van der Waals surface area contributed by atoms with Crippen molar-refractivity contribution in [1.29, 1.82) is 0 Å². The molecule has 0 radical (unpaired) electrons. The van der Waals surface area contributed by atoms with Gasteiger partial charge in [0.1, 0.15) is 11.3 Å². The Morgan fingerprint density at radius 3 is 2.66 bits per heavy atom. The van der Waals surface area contributed by atoms with Crippen molar-refractivity contribution in [2.24, 2.45) is 0 Å². The van der Waals surface area contributed by atoms with Gasteiger partial charge in [0.05, 0.1) is 18.7 Å². The molecule has 7 heteroatoms. The molecule has 146 valence electrons. The number of carbonyl (C=O) groups excluding carboxylic acids is 2. The fourth-order valence-electron chi connectivity index (χ4n) is 3.13. The van der Waals surface area contributed by atoms with Crippen LogP contribution in [0.3, 0.4) is 0 Å². The van der Waals surface area contributed by atoms with Crippen LogP contribution >= 0.6 is 11.3 Å². The molecule has 0 aliphatic heterocycles. The number of fused-ring (bicyclic) bond motifs is 1. The fourth-order valence-corrected chi connectivity index (χ4v) is 3.77. The van der Waals surface area contributed by atoms with Crippen LogP contribution in [0.25, 0.3) is 5.65 Å². The molecule has 3 aromatic heterocycles. The van der Waals surface area contributed by atoms with Gasteiger partial charge in [-0.05, 0) is 48.2 Å². The molecule has 29 heavy (non-hydrogen) atoms. The van der Waals surface area contributed by atoms with Gasteiger partial charge < -0.3 is 10.6 Å². The number of benzene rings is 1. The summed E-state index contributed by atoms with van der Waals surface area (Å²) in [6.45, 7) is 2.36. The maximum absolute atomic E-state index is 12.7. The monoisotopic (exact) mass is 404 g/mol. The Balaban J connectivity index is 1.38. The van der Waals surface area contributed by atoms with Crippen molar-refractivity contribution in [3.05, 3.63) is 88.0 Å². The highest BCUT2D eigenvalue weighted by atomic mass is 32.1. The number of aromatic nitrogens is 2. The number of nitrogens with one attached hydrogen (secondary N) is 2. The van der Waals surface area contributed by atoms with Crippen LogP contribution in [-0.4, -0.2) is 21.2 Å². The maximum atomic E-state index is 12.7. The number of hydrogen-bond donors (Lipinski definition) is 2. The summed E-state index contributed by atoms with van der Waals surface area (Å²) < 4.78 is 1.77. The Morgan fingerprint density at radius 2 is 1.90 bits per heavy atom. The normalized spacial score (nSPS) is 10.8. The minimum atomic E-state index is -0.220. The van der Waals surface area contributed by atoms with Gasteiger partial charge in [0, 0.05) is 16.8 Å². The molecule has 4 aromatic rings. The molecule has 0 aliphatic rings. The second-order valence-corrected chi connectivity index (χ2v) is 7.69. The first-order valence-corrected chi connectivity index (χ1v) is 10.1. The second-order valence-electron chi connectivity index (χ2n) is 6.66. The van der Waals surface area contributed by atoms with Crippen LogP contribution in [0.4, 0.5) is 5.69 Å². The summed E-state index contributed by atoms with van der Waals surface area (Å²) in [5.74, 6) is -0.251. The zero-order valence-electron chi connectivity index (χ0n) is 15.9. The Morgan fingerprint density at radius 1 is 1.07 bits per heavy atom. The second kappa shape index (κ2) is 8.28. The number of hydrogen-bond acceptors (Lipinski definition) is 4.